The Morgan fingerprint density at radius 2 is 2.12 bits per heavy atom. The molecule has 1 atom stereocenters. The maximum atomic E-state index is 11.3. The quantitative estimate of drug-likeness (QED) is 0.792. The average molecular weight is 217 g/mol. The van der Waals surface area contributed by atoms with E-state index in [-0.39, 0.29) is 11.9 Å². The summed E-state index contributed by atoms with van der Waals surface area (Å²) < 4.78 is 0. The molecule has 4 nitrogen and oxygen atoms in total. The van der Waals surface area contributed by atoms with Crippen LogP contribution in [0.25, 0.3) is 0 Å². The fourth-order valence-corrected chi connectivity index (χ4v) is 1.37. The predicted octanol–water partition coefficient (Wildman–Crippen LogP) is 1.08. The molecule has 0 fully saturated rings. The maximum absolute atomic E-state index is 11.3. The number of nitriles is 1. The number of amides is 1. The highest BCUT2D eigenvalue weighted by Gasteiger charge is 2.08. The molecular weight excluding hydrogens is 202 g/mol. The Hall–Kier alpha value is -1.86. The van der Waals surface area contributed by atoms with Gasteiger partial charge in [-0.15, -0.1) is 0 Å². The average Bonchev–Trinajstić information content (AvgIpc) is 2.29. The van der Waals surface area contributed by atoms with E-state index in [2.05, 4.69) is 11.4 Å². The van der Waals surface area contributed by atoms with Crippen molar-refractivity contribution < 1.29 is 4.79 Å². The Labute approximate surface area is 95.1 Å². The molecule has 1 rings (SSSR count). The van der Waals surface area contributed by atoms with Gasteiger partial charge in [0.2, 0.25) is 5.91 Å². The Bertz CT molecular complexity index is 392. The zero-order chi connectivity index (χ0) is 12.0. The first-order chi connectivity index (χ1) is 7.67. The van der Waals surface area contributed by atoms with Gasteiger partial charge < -0.3 is 11.1 Å². The summed E-state index contributed by atoms with van der Waals surface area (Å²) in [5.74, 6) is -0.0561. The zero-order valence-electron chi connectivity index (χ0n) is 9.23. The van der Waals surface area contributed by atoms with Crippen LogP contribution in [-0.4, -0.2) is 12.5 Å². The molecule has 1 aromatic carbocycles. The van der Waals surface area contributed by atoms with Crippen LogP contribution >= 0.6 is 0 Å². The number of nitrogens with two attached hydrogens (primary N) is 1. The highest BCUT2D eigenvalue weighted by molar-refractivity contribution is 5.76. The Morgan fingerprint density at radius 3 is 2.62 bits per heavy atom. The predicted molar refractivity (Wildman–Crippen MR) is 61.4 cm³/mol. The van der Waals surface area contributed by atoms with Gasteiger partial charge >= 0.3 is 0 Å². The highest BCUT2D eigenvalue weighted by Crippen LogP contribution is 2.12. The first-order valence-electron chi connectivity index (χ1n) is 5.17. The third kappa shape index (κ3) is 3.37. The lowest BCUT2D eigenvalue weighted by molar-refractivity contribution is -0.121. The number of nitrogens with one attached hydrogen (secondary N) is 1. The van der Waals surface area contributed by atoms with Gasteiger partial charge in [-0.05, 0) is 24.6 Å². The summed E-state index contributed by atoms with van der Waals surface area (Å²) in [6, 6.07) is 9.14. The van der Waals surface area contributed by atoms with Crippen molar-refractivity contribution in [1.82, 2.24) is 5.32 Å². The molecule has 0 saturated carbocycles. The lowest BCUT2D eigenvalue weighted by Gasteiger charge is -2.13. The SMILES string of the molecule is CC(NC(=O)CCN)c1ccc(C#N)cc1. The highest BCUT2D eigenvalue weighted by atomic mass is 16.1. The molecule has 0 aromatic heterocycles. The molecule has 0 spiro atoms. The van der Waals surface area contributed by atoms with Crippen LogP contribution < -0.4 is 11.1 Å². The minimum Gasteiger partial charge on any atom is -0.350 e. The lowest BCUT2D eigenvalue weighted by atomic mass is 10.1. The molecule has 16 heavy (non-hydrogen) atoms. The fraction of sp³-hybridized carbons (Fsp3) is 0.333. The molecule has 1 amide bonds. The van der Waals surface area contributed by atoms with Gasteiger partial charge in [-0.2, -0.15) is 5.26 Å². The Balaban J connectivity index is 2.63. The Kier molecular flexibility index (Phi) is 4.49. The third-order valence-corrected chi connectivity index (χ3v) is 2.29. The van der Waals surface area contributed by atoms with E-state index in [1.807, 2.05) is 19.1 Å². The van der Waals surface area contributed by atoms with Crippen LogP contribution in [0.2, 0.25) is 0 Å². The van der Waals surface area contributed by atoms with Gasteiger partial charge in [-0.3, -0.25) is 4.79 Å². The minimum atomic E-state index is -0.0632. The summed E-state index contributed by atoms with van der Waals surface area (Å²) in [5, 5.41) is 11.5. The molecule has 0 heterocycles. The van der Waals surface area contributed by atoms with Crippen LogP contribution in [0.3, 0.4) is 0 Å². The van der Waals surface area contributed by atoms with Crippen LogP contribution in [0.15, 0.2) is 24.3 Å². The van der Waals surface area contributed by atoms with E-state index in [1.54, 1.807) is 12.1 Å². The molecule has 0 radical (unpaired) electrons. The molecule has 3 N–H and O–H groups in total. The zero-order valence-corrected chi connectivity index (χ0v) is 9.23. The van der Waals surface area contributed by atoms with Gasteiger partial charge in [0.05, 0.1) is 17.7 Å². The van der Waals surface area contributed by atoms with E-state index in [0.29, 0.717) is 18.5 Å². The van der Waals surface area contributed by atoms with E-state index in [4.69, 9.17) is 11.0 Å². The molecule has 0 bridgehead atoms. The van der Waals surface area contributed by atoms with Crippen molar-refractivity contribution in [3.05, 3.63) is 35.4 Å². The lowest BCUT2D eigenvalue weighted by Crippen LogP contribution is -2.28. The first kappa shape index (κ1) is 12.2. The summed E-state index contributed by atoms with van der Waals surface area (Å²) in [5.41, 5.74) is 6.88. The maximum Gasteiger partial charge on any atom is 0.221 e. The summed E-state index contributed by atoms with van der Waals surface area (Å²) in [6.45, 7) is 2.25. The molecule has 1 unspecified atom stereocenters. The van der Waals surface area contributed by atoms with Crippen molar-refractivity contribution in [2.24, 2.45) is 5.73 Å². The third-order valence-electron chi connectivity index (χ3n) is 2.29. The smallest absolute Gasteiger partial charge is 0.221 e. The van der Waals surface area contributed by atoms with Crippen LogP contribution in [0, 0.1) is 11.3 Å². The van der Waals surface area contributed by atoms with Crippen molar-refractivity contribution in [3.63, 3.8) is 0 Å². The van der Waals surface area contributed by atoms with Crippen molar-refractivity contribution in [2.45, 2.75) is 19.4 Å². The number of carbonyl (C=O) groups is 1. The molecule has 4 heteroatoms. The van der Waals surface area contributed by atoms with E-state index < -0.39 is 0 Å². The fourth-order valence-electron chi connectivity index (χ4n) is 1.37. The van der Waals surface area contributed by atoms with Gasteiger partial charge in [0.1, 0.15) is 0 Å². The molecule has 1 aromatic rings. The number of hydrogen-bond donors (Lipinski definition) is 2. The second kappa shape index (κ2) is 5.89. The van der Waals surface area contributed by atoms with E-state index >= 15 is 0 Å². The molecule has 84 valence electrons. The van der Waals surface area contributed by atoms with Gasteiger partial charge in [-0.1, -0.05) is 12.1 Å². The number of hydrogen-bond acceptors (Lipinski definition) is 3. The summed E-state index contributed by atoms with van der Waals surface area (Å²) in [4.78, 5) is 11.3. The van der Waals surface area contributed by atoms with Gasteiger partial charge in [0.15, 0.2) is 0 Å². The summed E-state index contributed by atoms with van der Waals surface area (Å²) in [7, 11) is 0. The first-order valence-corrected chi connectivity index (χ1v) is 5.17. The van der Waals surface area contributed by atoms with Gasteiger partial charge in [-0.25, -0.2) is 0 Å². The number of rotatable bonds is 4. The van der Waals surface area contributed by atoms with Gasteiger partial charge in [0, 0.05) is 13.0 Å². The van der Waals surface area contributed by atoms with Crippen molar-refractivity contribution >= 4 is 5.91 Å². The van der Waals surface area contributed by atoms with E-state index in [9.17, 15) is 4.79 Å². The van der Waals surface area contributed by atoms with E-state index in [0.717, 1.165) is 5.56 Å². The van der Waals surface area contributed by atoms with Crippen LogP contribution in [0.1, 0.15) is 30.5 Å². The van der Waals surface area contributed by atoms with Crippen molar-refractivity contribution in [2.75, 3.05) is 6.54 Å². The second-order valence-electron chi connectivity index (χ2n) is 3.56. The van der Waals surface area contributed by atoms with Crippen LogP contribution in [0.5, 0.6) is 0 Å². The normalized spacial score (nSPS) is 11.6. The Morgan fingerprint density at radius 1 is 1.50 bits per heavy atom. The second-order valence-corrected chi connectivity index (χ2v) is 3.56. The molecule has 0 aliphatic rings. The molecule has 0 aliphatic carbocycles. The number of nitrogens with zero attached hydrogens (tertiary/aromatic N) is 1. The largest absolute Gasteiger partial charge is 0.350 e. The summed E-state index contributed by atoms with van der Waals surface area (Å²) in [6.07, 6.45) is 0.334. The number of benzene rings is 1. The minimum absolute atomic E-state index is 0.0561. The van der Waals surface area contributed by atoms with Crippen molar-refractivity contribution in [3.8, 4) is 6.07 Å². The summed E-state index contributed by atoms with van der Waals surface area (Å²) >= 11 is 0. The molecule has 0 aliphatic heterocycles. The molecule has 0 saturated heterocycles. The van der Waals surface area contributed by atoms with Crippen LogP contribution in [-0.2, 0) is 4.79 Å². The standard InChI is InChI=1S/C12H15N3O/c1-9(15-12(16)6-7-13)11-4-2-10(8-14)3-5-11/h2-5,9H,6-7,13H2,1H3,(H,15,16). The van der Waals surface area contributed by atoms with Gasteiger partial charge in [0.25, 0.3) is 0 Å². The van der Waals surface area contributed by atoms with Crippen molar-refractivity contribution in [1.29, 1.82) is 5.26 Å². The number of carbonyl (C=O) groups excluding carboxylic acids is 1. The van der Waals surface area contributed by atoms with Crippen LogP contribution in [0.4, 0.5) is 0 Å². The van der Waals surface area contributed by atoms with E-state index in [1.165, 1.54) is 0 Å². The monoisotopic (exact) mass is 217 g/mol. The topological polar surface area (TPSA) is 78.9 Å². The molecular formula is C12H15N3O.